The molecule has 24 heavy (non-hydrogen) atoms. The molecule has 2 heterocycles. The maximum atomic E-state index is 12.3. The summed E-state index contributed by atoms with van der Waals surface area (Å²) in [6.45, 7) is 3.40. The van der Waals surface area contributed by atoms with Crippen molar-refractivity contribution < 1.29 is 4.79 Å². The normalized spacial score (nSPS) is 13.5. The van der Waals surface area contributed by atoms with Crippen molar-refractivity contribution in [2.45, 2.75) is 26.2 Å². The highest BCUT2D eigenvalue weighted by Gasteiger charge is 2.17. The minimum atomic E-state index is -0.172. The lowest BCUT2D eigenvalue weighted by Gasteiger charge is -2.20. The standard InChI is InChI=1S/C16H19Cl2N5O/c1-22(10-12-8-21-23-6-5-19-9-14(12)23)16(24)20-7-11-3-2-4-13(17)15(11)18/h2-4,8,19H,5-7,9-10H2,1H3,(H,20,24). The number of nitrogens with one attached hydrogen (secondary N) is 2. The van der Waals surface area contributed by atoms with Crippen LogP contribution in [0.3, 0.4) is 0 Å². The Bertz CT molecular complexity index is 746. The van der Waals surface area contributed by atoms with Gasteiger partial charge in [-0.2, -0.15) is 5.10 Å². The number of hydrogen-bond acceptors (Lipinski definition) is 3. The van der Waals surface area contributed by atoms with Crippen LogP contribution in [-0.4, -0.2) is 34.3 Å². The van der Waals surface area contributed by atoms with Gasteiger partial charge in [-0.1, -0.05) is 35.3 Å². The first-order valence-corrected chi connectivity index (χ1v) is 8.48. The molecule has 128 valence electrons. The molecule has 0 fully saturated rings. The molecule has 0 spiro atoms. The van der Waals surface area contributed by atoms with Gasteiger partial charge in [0, 0.05) is 32.2 Å². The monoisotopic (exact) mass is 367 g/mol. The van der Waals surface area contributed by atoms with E-state index in [2.05, 4.69) is 15.7 Å². The van der Waals surface area contributed by atoms with Gasteiger partial charge in [0.2, 0.25) is 0 Å². The molecule has 2 N–H and O–H groups in total. The van der Waals surface area contributed by atoms with E-state index in [1.165, 1.54) is 0 Å². The van der Waals surface area contributed by atoms with Crippen LogP contribution >= 0.6 is 23.2 Å². The molecule has 0 saturated heterocycles. The van der Waals surface area contributed by atoms with Gasteiger partial charge in [-0.15, -0.1) is 0 Å². The van der Waals surface area contributed by atoms with Crippen LogP contribution < -0.4 is 10.6 Å². The third-order valence-electron chi connectivity index (χ3n) is 4.04. The lowest BCUT2D eigenvalue weighted by molar-refractivity contribution is 0.206. The second kappa shape index (κ2) is 7.42. The largest absolute Gasteiger partial charge is 0.334 e. The summed E-state index contributed by atoms with van der Waals surface area (Å²) in [6, 6.07) is 5.20. The van der Waals surface area contributed by atoms with E-state index in [0.29, 0.717) is 23.1 Å². The first-order chi connectivity index (χ1) is 11.6. The number of carbonyl (C=O) groups is 1. The van der Waals surface area contributed by atoms with Gasteiger partial charge >= 0.3 is 6.03 Å². The zero-order chi connectivity index (χ0) is 17.1. The lowest BCUT2D eigenvalue weighted by Crippen LogP contribution is -2.37. The van der Waals surface area contributed by atoms with Crippen molar-refractivity contribution in [2.24, 2.45) is 0 Å². The topological polar surface area (TPSA) is 62.2 Å². The van der Waals surface area contributed by atoms with Crippen LogP contribution in [0.4, 0.5) is 4.79 Å². The number of halogens is 2. The van der Waals surface area contributed by atoms with Crippen LogP contribution in [-0.2, 0) is 26.2 Å². The zero-order valence-electron chi connectivity index (χ0n) is 13.4. The van der Waals surface area contributed by atoms with E-state index in [4.69, 9.17) is 23.2 Å². The Morgan fingerprint density at radius 3 is 3.08 bits per heavy atom. The van der Waals surface area contributed by atoms with E-state index in [-0.39, 0.29) is 6.03 Å². The van der Waals surface area contributed by atoms with Crippen molar-refractivity contribution in [1.29, 1.82) is 0 Å². The second-order valence-corrected chi connectivity index (χ2v) is 6.53. The molecule has 3 rings (SSSR count). The van der Waals surface area contributed by atoms with Gasteiger partial charge < -0.3 is 15.5 Å². The number of carbonyl (C=O) groups excluding carboxylic acids is 1. The fourth-order valence-electron chi connectivity index (χ4n) is 2.69. The van der Waals surface area contributed by atoms with Crippen LogP contribution in [0.25, 0.3) is 0 Å². The van der Waals surface area contributed by atoms with Crippen LogP contribution in [0.15, 0.2) is 24.4 Å². The van der Waals surface area contributed by atoms with Crippen LogP contribution in [0.2, 0.25) is 10.0 Å². The summed E-state index contributed by atoms with van der Waals surface area (Å²) in [5.41, 5.74) is 2.98. The number of fused-ring (bicyclic) bond motifs is 1. The number of urea groups is 1. The minimum Gasteiger partial charge on any atom is -0.334 e. The van der Waals surface area contributed by atoms with E-state index in [1.807, 2.05) is 23.0 Å². The molecule has 0 bridgehead atoms. The molecule has 0 radical (unpaired) electrons. The van der Waals surface area contributed by atoms with Crippen molar-refractivity contribution in [3.8, 4) is 0 Å². The highest BCUT2D eigenvalue weighted by Crippen LogP contribution is 2.25. The van der Waals surface area contributed by atoms with Crippen molar-refractivity contribution in [2.75, 3.05) is 13.6 Å². The van der Waals surface area contributed by atoms with E-state index < -0.39 is 0 Å². The maximum Gasteiger partial charge on any atom is 0.317 e. The number of nitrogens with zero attached hydrogens (tertiary/aromatic N) is 3. The van der Waals surface area contributed by atoms with Crippen molar-refractivity contribution in [1.82, 2.24) is 25.3 Å². The third-order valence-corrected chi connectivity index (χ3v) is 4.90. The van der Waals surface area contributed by atoms with E-state index in [9.17, 15) is 4.79 Å². The van der Waals surface area contributed by atoms with Crippen molar-refractivity contribution in [3.05, 3.63) is 51.3 Å². The fraction of sp³-hybridized carbons (Fsp3) is 0.375. The Hall–Kier alpha value is -1.76. The molecule has 1 aliphatic heterocycles. The van der Waals surface area contributed by atoms with E-state index in [0.717, 1.165) is 36.5 Å². The molecule has 0 atom stereocenters. The summed E-state index contributed by atoms with van der Waals surface area (Å²) < 4.78 is 1.99. The summed E-state index contributed by atoms with van der Waals surface area (Å²) >= 11 is 12.1. The van der Waals surface area contributed by atoms with E-state index >= 15 is 0 Å². The Morgan fingerprint density at radius 2 is 2.25 bits per heavy atom. The molecule has 1 aromatic carbocycles. The fourth-order valence-corrected chi connectivity index (χ4v) is 3.08. The molecule has 2 aromatic rings. The predicted octanol–water partition coefficient (Wildman–Crippen LogP) is 2.63. The van der Waals surface area contributed by atoms with Gasteiger partial charge in [0.25, 0.3) is 0 Å². The first kappa shape index (κ1) is 17.1. The molecule has 8 heteroatoms. The van der Waals surface area contributed by atoms with E-state index in [1.54, 1.807) is 18.0 Å². The second-order valence-electron chi connectivity index (χ2n) is 5.74. The Balaban J connectivity index is 1.59. The van der Waals surface area contributed by atoms with Crippen LogP contribution in [0, 0.1) is 0 Å². The molecule has 1 aromatic heterocycles. The highest BCUT2D eigenvalue weighted by molar-refractivity contribution is 6.42. The lowest BCUT2D eigenvalue weighted by atomic mass is 10.2. The number of rotatable bonds is 4. The van der Waals surface area contributed by atoms with Gasteiger partial charge in [-0.25, -0.2) is 4.79 Å². The van der Waals surface area contributed by atoms with Crippen molar-refractivity contribution >= 4 is 29.2 Å². The summed E-state index contributed by atoms with van der Waals surface area (Å²) in [5, 5.41) is 11.5. The highest BCUT2D eigenvalue weighted by atomic mass is 35.5. The minimum absolute atomic E-state index is 0.172. The maximum absolute atomic E-state index is 12.3. The Labute approximate surface area is 150 Å². The Kier molecular flexibility index (Phi) is 5.28. The number of hydrogen-bond donors (Lipinski definition) is 2. The molecule has 2 amide bonds. The van der Waals surface area contributed by atoms with Gasteiger partial charge in [-0.3, -0.25) is 4.68 Å². The van der Waals surface area contributed by atoms with Crippen LogP contribution in [0.5, 0.6) is 0 Å². The molecular weight excluding hydrogens is 349 g/mol. The predicted molar refractivity (Wildman–Crippen MR) is 94.1 cm³/mol. The average Bonchev–Trinajstić information content (AvgIpc) is 2.99. The van der Waals surface area contributed by atoms with Crippen LogP contribution in [0.1, 0.15) is 16.8 Å². The third kappa shape index (κ3) is 3.66. The quantitative estimate of drug-likeness (QED) is 0.872. The summed E-state index contributed by atoms with van der Waals surface area (Å²) in [4.78, 5) is 13.9. The molecule has 0 aliphatic carbocycles. The van der Waals surface area contributed by atoms with Gasteiger partial charge in [-0.05, 0) is 11.6 Å². The molecule has 0 unspecified atom stereocenters. The smallest absolute Gasteiger partial charge is 0.317 e. The van der Waals surface area contributed by atoms with Crippen molar-refractivity contribution in [3.63, 3.8) is 0 Å². The van der Waals surface area contributed by atoms with Gasteiger partial charge in [0.05, 0.1) is 35.0 Å². The molecule has 0 saturated carbocycles. The summed E-state index contributed by atoms with van der Waals surface area (Å²) in [6.07, 6.45) is 1.83. The zero-order valence-corrected chi connectivity index (χ0v) is 14.9. The molecule has 1 aliphatic rings. The Morgan fingerprint density at radius 1 is 1.42 bits per heavy atom. The average molecular weight is 368 g/mol. The summed E-state index contributed by atoms with van der Waals surface area (Å²) in [7, 11) is 1.76. The summed E-state index contributed by atoms with van der Waals surface area (Å²) in [5.74, 6) is 0. The number of aromatic nitrogens is 2. The number of benzene rings is 1. The number of amides is 2. The van der Waals surface area contributed by atoms with Gasteiger partial charge in [0.15, 0.2) is 0 Å². The molecule has 6 nitrogen and oxygen atoms in total. The SMILES string of the molecule is CN(Cc1cnn2c1CNCC2)C(=O)NCc1cccc(Cl)c1Cl. The van der Waals surface area contributed by atoms with Gasteiger partial charge in [0.1, 0.15) is 0 Å². The first-order valence-electron chi connectivity index (χ1n) is 7.72. The molecular formula is C16H19Cl2N5O.